The van der Waals surface area contributed by atoms with E-state index in [0.29, 0.717) is 11.3 Å². The zero-order valence-electron chi connectivity index (χ0n) is 8.47. The van der Waals surface area contributed by atoms with E-state index in [0.717, 1.165) is 0 Å². The van der Waals surface area contributed by atoms with Gasteiger partial charge in [-0.25, -0.2) is 5.84 Å². The van der Waals surface area contributed by atoms with Crippen molar-refractivity contribution in [3.63, 3.8) is 0 Å². The maximum atomic E-state index is 10.8. The standard InChI is InChI=1S/C10H12N2O4/c11-12-9(13)6-16-8-3-1-7(2-4-8)5-10(14)15/h1-4H,5-6,11H2,(H,12,13)(H,14,15). The van der Waals surface area contributed by atoms with Gasteiger partial charge in [-0.3, -0.25) is 15.0 Å². The van der Waals surface area contributed by atoms with Crippen molar-refractivity contribution in [3.8, 4) is 5.75 Å². The van der Waals surface area contributed by atoms with Crippen LogP contribution in [0.5, 0.6) is 5.75 Å². The number of nitrogens with two attached hydrogens (primary N) is 1. The van der Waals surface area contributed by atoms with Crippen LogP contribution >= 0.6 is 0 Å². The molecule has 86 valence electrons. The summed E-state index contributed by atoms with van der Waals surface area (Å²) in [6.07, 6.45) is -0.0381. The topological polar surface area (TPSA) is 102 Å². The van der Waals surface area contributed by atoms with Gasteiger partial charge in [-0.2, -0.15) is 0 Å². The first-order valence-corrected chi connectivity index (χ1v) is 4.55. The van der Waals surface area contributed by atoms with Gasteiger partial charge in [0.15, 0.2) is 6.61 Å². The van der Waals surface area contributed by atoms with Gasteiger partial charge in [-0.15, -0.1) is 0 Å². The number of ether oxygens (including phenoxy) is 1. The molecule has 16 heavy (non-hydrogen) atoms. The average Bonchev–Trinajstić information content (AvgIpc) is 2.27. The van der Waals surface area contributed by atoms with E-state index in [9.17, 15) is 9.59 Å². The summed E-state index contributed by atoms with van der Waals surface area (Å²) >= 11 is 0. The van der Waals surface area contributed by atoms with Crippen LogP contribution in [-0.4, -0.2) is 23.6 Å². The Bertz CT molecular complexity index is 375. The molecule has 0 aromatic heterocycles. The number of rotatable bonds is 5. The number of carbonyl (C=O) groups is 2. The lowest BCUT2D eigenvalue weighted by atomic mass is 10.1. The fourth-order valence-electron chi connectivity index (χ4n) is 1.07. The Morgan fingerprint density at radius 2 is 1.94 bits per heavy atom. The van der Waals surface area contributed by atoms with Gasteiger partial charge >= 0.3 is 5.97 Å². The lowest BCUT2D eigenvalue weighted by molar-refractivity contribution is -0.136. The van der Waals surface area contributed by atoms with Crippen LogP contribution in [0.1, 0.15) is 5.56 Å². The fraction of sp³-hybridized carbons (Fsp3) is 0.200. The number of hydrazine groups is 1. The predicted octanol–water partition coefficient (Wildman–Crippen LogP) is -0.318. The fourth-order valence-corrected chi connectivity index (χ4v) is 1.07. The second kappa shape index (κ2) is 5.72. The van der Waals surface area contributed by atoms with Gasteiger partial charge in [0.05, 0.1) is 6.42 Å². The Hall–Kier alpha value is -2.08. The molecule has 0 aliphatic heterocycles. The van der Waals surface area contributed by atoms with Crippen molar-refractivity contribution in [3.05, 3.63) is 29.8 Å². The first-order valence-electron chi connectivity index (χ1n) is 4.55. The Morgan fingerprint density at radius 3 is 2.44 bits per heavy atom. The molecule has 1 aromatic rings. The molecule has 0 radical (unpaired) electrons. The highest BCUT2D eigenvalue weighted by Crippen LogP contribution is 2.12. The number of carboxylic acid groups (broad SMARTS) is 1. The molecule has 4 N–H and O–H groups in total. The maximum absolute atomic E-state index is 10.8. The van der Waals surface area contributed by atoms with Crippen molar-refractivity contribution in [2.24, 2.45) is 5.84 Å². The molecule has 0 aliphatic carbocycles. The van der Waals surface area contributed by atoms with E-state index in [-0.39, 0.29) is 13.0 Å². The number of hydrogen-bond donors (Lipinski definition) is 3. The third-order valence-corrected chi connectivity index (χ3v) is 1.81. The van der Waals surface area contributed by atoms with Crippen LogP contribution in [0.3, 0.4) is 0 Å². The van der Waals surface area contributed by atoms with Gasteiger partial charge in [-0.05, 0) is 17.7 Å². The van der Waals surface area contributed by atoms with Gasteiger partial charge in [-0.1, -0.05) is 12.1 Å². The van der Waals surface area contributed by atoms with Crippen LogP contribution < -0.4 is 16.0 Å². The molecule has 6 nitrogen and oxygen atoms in total. The molecule has 0 saturated heterocycles. The molecule has 1 rings (SSSR count). The Kier molecular flexibility index (Phi) is 4.28. The molecule has 0 saturated carbocycles. The summed E-state index contributed by atoms with van der Waals surface area (Å²) in [5.41, 5.74) is 2.60. The number of carboxylic acids is 1. The summed E-state index contributed by atoms with van der Waals surface area (Å²) in [4.78, 5) is 21.2. The molecule has 6 heteroatoms. The Morgan fingerprint density at radius 1 is 1.31 bits per heavy atom. The number of benzene rings is 1. The number of nitrogens with one attached hydrogen (secondary N) is 1. The van der Waals surface area contributed by atoms with Crippen LogP contribution in [-0.2, 0) is 16.0 Å². The highest BCUT2D eigenvalue weighted by Gasteiger charge is 2.02. The smallest absolute Gasteiger partial charge is 0.307 e. The minimum absolute atomic E-state index is 0.0381. The zero-order valence-corrected chi connectivity index (χ0v) is 8.47. The van der Waals surface area contributed by atoms with Crippen molar-refractivity contribution >= 4 is 11.9 Å². The molecular formula is C10H12N2O4. The van der Waals surface area contributed by atoms with Gasteiger partial charge < -0.3 is 9.84 Å². The van der Waals surface area contributed by atoms with Gasteiger partial charge in [0, 0.05) is 0 Å². The summed E-state index contributed by atoms with van der Waals surface area (Å²) < 4.78 is 5.08. The zero-order chi connectivity index (χ0) is 12.0. The van der Waals surface area contributed by atoms with Gasteiger partial charge in [0.2, 0.25) is 0 Å². The van der Waals surface area contributed by atoms with Gasteiger partial charge in [0.25, 0.3) is 5.91 Å². The number of amides is 1. The molecule has 0 bridgehead atoms. The first kappa shape index (κ1) is 12.0. The normalized spacial score (nSPS) is 9.56. The van der Waals surface area contributed by atoms with Crippen LogP contribution in [0.2, 0.25) is 0 Å². The molecule has 0 heterocycles. The predicted molar refractivity (Wildman–Crippen MR) is 55.6 cm³/mol. The van der Waals surface area contributed by atoms with E-state index in [1.165, 1.54) is 0 Å². The minimum atomic E-state index is -0.892. The van der Waals surface area contributed by atoms with E-state index in [1.807, 2.05) is 5.43 Å². The third kappa shape index (κ3) is 3.97. The molecular weight excluding hydrogens is 212 g/mol. The quantitative estimate of drug-likeness (QED) is 0.361. The van der Waals surface area contributed by atoms with E-state index < -0.39 is 11.9 Å². The lowest BCUT2D eigenvalue weighted by Gasteiger charge is -2.05. The molecule has 0 atom stereocenters. The van der Waals surface area contributed by atoms with Crippen molar-refractivity contribution in [1.29, 1.82) is 0 Å². The maximum Gasteiger partial charge on any atom is 0.307 e. The van der Waals surface area contributed by atoms with E-state index in [2.05, 4.69) is 0 Å². The summed E-state index contributed by atoms with van der Waals surface area (Å²) in [6, 6.07) is 6.46. The van der Waals surface area contributed by atoms with Crippen molar-refractivity contribution in [2.45, 2.75) is 6.42 Å². The minimum Gasteiger partial charge on any atom is -0.484 e. The average molecular weight is 224 g/mol. The highest BCUT2D eigenvalue weighted by atomic mass is 16.5. The Labute approximate surface area is 92.0 Å². The van der Waals surface area contributed by atoms with Crippen molar-refractivity contribution in [1.82, 2.24) is 5.43 Å². The second-order valence-corrected chi connectivity index (χ2v) is 3.07. The van der Waals surface area contributed by atoms with Crippen molar-refractivity contribution < 1.29 is 19.4 Å². The lowest BCUT2D eigenvalue weighted by Crippen LogP contribution is -2.34. The third-order valence-electron chi connectivity index (χ3n) is 1.81. The summed E-state index contributed by atoms with van der Waals surface area (Å²) in [6.45, 7) is -0.172. The van der Waals surface area contributed by atoms with Gasteiger partial charge in [0.1, 0.15) is 5.75 Å². The molecule has 0 spiro atoms. The Balaban J connectivity index is 2.51. The first-order chi connectivity index (χ1) is 7.61. The van der Waals surface area contributed by atoms with E-state index in [1.54, 1.807) is 24.3 Å². The second-order valence-electron chi connectivity index (χ2n) is 3.07. The summed E-state index contributed by atoms with van der Waals surface area (Å²) in [7, 11) is 0. The molecule has 0 unspecified atom stereocenters. The van der Waals surface area contributed by atoms with Crippen LogP contribution in [0.4, 0.5) is 0 Å². The molecule has 0 fully saturated rings. The van der Waals surface area contributed by atoms with Crippen LogP contribution in [0.25, 0.3) is 0 Å². The largest absolute Gasteiger partial charge is 0.484 e. The highest BCUT2D eigenvalue weighted by molar-refractivity contribution is 5.76. The van der Waals surface area contributed by atoms with Crippen molar-refractivity contribution in [2.75, 3.05) is 6.61 Å². The number of hydrogen-bond acceptors (Lipinski definition) is 4. The number of carbonyl (C=O) groups excluding carboxylic acids is 1. The summed E-state index contributed by atoms with van der Waals surface area (Å²) in [5, 5.41) is 8.55. The number of aliphatic carboxylic acids is 1. The molecule has 0 aliphatic rings. The SMILES string of the molecule is NNC(=O)COc1ccc(CC(=O)O)cc1. The van der Waals surface area contributed by atoms with Crippen LogP contribution in [0.15, 0.2) is 24.3 Å². The molecule has 1 aromatic carbocycles. The van der Waals surface area contributed by atoms with E-state index >= 15 is 0 Å². The van der Waals surface area contributed by atoms with E-state index in [4.69, 9.17) is 15.7 Å². The van der Waals surface area contributed by atoms with Crippen LogP contribution in [0, 0.1) is 0 Å². The monoisotopic (exact) mass is 224 g/mol. The summed E-state index contributed by atoms with van der Waals surface area (Å²) in [5.74, 6) is 4.03. The molecule has 1 amide bonds.